The molecular weight excluding hydrogens is 440 g/mol. The number of hydrogen-bond donors (Lipinski definition) is 1. The topological polar surface area (TPSA) is 74.2 Å². The Morgan fingerprint density at radius 1 is 1.12 bits per heavy atom. The minimum Gasteiger partial charge on any atom is -0.304 e. The summed E-state index contributed by atoms with van der Waals surface area (Å²) in [5.74, 6) is 0.400. The number of amides is 1. The van der Waals surface area contributed by atoms with Gasteiger partial charge in [-0.2, -0.15) is 0 Å². The number of carbonyl (C=O) groups excluding carboxylic acids is 1. The number of aromatic nitrogens is 3. The van der Waals surface area contributed by atoms with Crippen LogP contribution in [-0.4, -0.2) is 64.1 Å². The predicted molar refractivity (Wildman–Crippen MR) is 131 cm³/mol. The van der Waals surface area contributed by atoms with E-state index < -0.39 is 0 Å². The van der Waals surface area contributed by atoms with Gasteiger partial charge in [0.2, 0.25) is 11.0 Å². The summed E-state index contributed by atoms with van der Waals surface area (Å²) in [6.45, 7) is 9.76. The van der Waals surface area contributed by atoms with Gasteiger partial charge in [0.05, 0.1) is 12.1 Å². The molecular formula is C23H30N6OS2. The first-order valence-corrected chi connectivity index (χ1v) is 12.7. The number of thiazole rings is 1. The highest BCUT2D eigenvalue weighted by atomic mass is 32.1. The summed E-state index contributed by atoms with van der Waals surface area (Å²) in [5, 5.41) is 15.5. The van der Waals surface area contributed by atoms with Crippen LogP contribution in [0.4, 0.5) is 5.13 Å². The molecule has 1 amide bonds. The molecule has 1 saturated heterocycles. The molecule has 1 aliphatic heterocycles. The molecule has 2 aromatic heterocycles. The molecule has 9 heteroatoms. The lowest BCUT2D eigenvalue weighted by atomic mass is 10.1. The third kappa shape index (κ3) is 6.41. The number of hydrogen-bond acceptors (Lipinski definition) is 8. The molecule has 0 saturated carbocycles. The minimum absolute atomic E-state index is 0.114. The molecule has 0 radical (unpaired) electrons. The fourth-order valence-electron chi connectivity index (χ4n) is 3.60. The van der Waals surface area contributed by atoms with Crippen LogP contribution in [-0.2, 0) is 24.2 Å². The second-order valence-electron chi connectivity index (χ2n) is 8.74. The van der Waals surface area contributed by atoms with Crippen molar-refractivity contribution in [1.82, 2.24) is 25.0 Å². The van der Waals surface area contributed by atoms with E-state index in [9.17, 15) is 4.79 Å². The van der Waals surface area contributed by atoms with Crippen molar-refractivity contribution in [3.8, 4) is 10.6 Å². The normalized spacial score (nSPS) is 15.4. The van der Waals surface area contributed by atoms with E-state index in [1.807, 2.05) is 5.38 Å². The van der Waals surface area contributed by atoms with Crippen LogP contribution in [0.5, 0.6) is 0 Å². The van der Waals surface area contributed by atoms with E-state index in [4.69, 9.17) is 0 Å². The van der Waals surface area contributed by atoms with Crippen LogP contribution in [0.15, 0.2) is 29.6 Å². The van der Waals surface area contributed by atoms with E-state index in [0.717, 1.165) is 60.4 Å². The molecule has 1 N–H and O–H groups in total. The quantitative estimate of drug-likeness (QED) is 0.540. The summed E-state index contributed by atoms with van der Waals surface area (Å²) in [4.78, 5) is 21.9. The summed E-state index contributed by atoms with van der Waals surface area (Å²) >= 11 is 3.01. The Morgan fingerprint density at radius 2 is 1.88 bits per heavy atom. The largest absolute Gasteiger partial charge is 0.304 e. The first-order chi connectivity index (χ1) is 15.4. The van der Waals surface area contributed by atoms with E-state index in [2.05, 4.69) is 75.5 Å². The summed E-state index contributed by atoms with van der Waals surface area (Å²) in [7, 11) is 2.18. The minimum atomic E-state index is -0.114. The molecule has 7 nitrogen and oxygen atoms in total. The standard InChI is InChI=1S/C23H30N6OS2/c1-16(2)12-21-26-27-23(32-21)25-20(30)13-19-15-31-22(24-19)18-6-4-17(5-7-18)14-29-10-8-28(3)9-11-29/h4-7,15-16H,8-14H2,1-3H3,(H,25,27,30). The third-order valence-electron chi connectivity index (χ3n) is 5.39. The van der Waals surface area contributed by atoms with Crippen LogP contribution < -0.4 is 5.32 Å². The van der Waals surface area contributed by atoms with Crippen molar-refractivity contribution >= 4 is 33.7 Å². The van der Waals surface area contributed by atoms with Gasteiger partial charge >= 0.3 is 0 Å². The van der Waals surface area contributed by atoms with Crippen molar-refractivity contribution in [2.75, 3.05) is 38.5 Å². The van der Waals surface area contributed by atoms with Crippen molar-refractivity contribution in [3.63, 3.8) is 0 Å². The maximum atomic E-state index is 12.4. The second-order valence-corrected chi connectivity index (χ2v) is 10.7. The molecule has 0 atom stereocenters. The van der Waals surface area contributed by atoms with E-state index in [0.29, 0.717) is 11.0 Å². The highest BCUT2D eigenvalue weighted by Crippen LogP contribution is 2.25. The molecule has 170 valence electrons. The molecule has 1 aliphatic rings. The Balaban J connectivity index is 1.30. The number of piperazine rings is 1. The number of anilines is 1. The van der Waals surface area contributed by atoms with Crippen molar-refractivity contribution in [2.45, 2.75) is 33.2 Å². The predicted octanol–water partition coefficient (Wildman–Crippen LogP) is 3.79. The zero-order valence-electron chi connectivity index (χ0n) is 18.9. The Bertz CT molecular complexity index is 1020. The van der Waals surface area contributed by atoms with Crippen LogP contribution >= 0.6 is 22.7 Å². The number of likely N-dealkylation sites (N-methyl/N-ethyl adjacent to an activating group) is 1. The van der Waals surface area contributed by atoms with Gasteiger partial charge in [-0.25, -0.2) is 4.98 Å². The monoisotopic (exact) mass is 470 g/mol. The van der Waals surface area contributed by atoms with Crippen LogP contribution in [0.1, 0.15) is 30.1 Å². The zero-order chi connectivity index (χ0) is 22.5. The maximum absolute atomic E-state index is 12.4. The van der Waals surface area contributed by atoms with Crippen molar-refractivity contribution < 1.29 is 4.79 Å². The molecule has 1 fully saturated rings. The van der Waals surface area contributed by atoms with Gasteiger partial charge in [-0.15, -0.1) is 21.5 Å². The Kier molecular flexibility index (Phi) is 7.62. The van der Waals surface area contributed by atoms with E-state index in [1.54, 1.807) is 11.3 Å². The summed E-state index contributed by atoms with van der Waals surface area (Å²) < 4.78 is 0. The first kappa shape index (κ1) is 23.0. The Morgan fingerprint density at radius 3 is 2.59 bits per heavy atom. The van der Waals surface area contributed by atoms with Gasteiger partial charge in [0.1, 0.15) is 10.0 Å². The summed E-state index contributed by atoms with van der Waals surface area (Å²) in [6, 6.07) is 8.63. The highest BCUT2D eigenvalue weighted by molar-refractivity contribution is 7.15. The average Bonchev–Trinajstić information content (AvgIpc) is 3.39. The smallest absolute Gasteiger partial charge is 0.232 e. The highest BCUT2D eigenvalue weighted by Gasteiger charge is 2.15. The summed E-state index contributed by atoms with van der Waals surface area (Å²) in [6.07, 6.45) is 1.11. The third-order valence-corrected chi connectivity index (χ3v) is 7.19. The van der Waals surface area contributed by atoms with Gasteiger partial charge in [0.25, 0.3) is 0 Å². The Hall–Kier alpha value is -2.20. The first-order valence-electron chi connectivity index (χ1n) is 11.0. The fourth-order valence-corrected chi connectivity index (χ4v) is 5.40. The van der Waals surface area contributed by atoms with E-state index >= 15 is 0 Å². The number of benzene rings is 1. The van der Waals surface area contributed by atoms with Gasteiger partial charge in [0.15, 0.2) is 0 Å². The molecule has 3 heterocycles. The molecule has 3 aromatic rings. The lowest BCUT2D eigenvalue weighted by Crippen LogP contribution is -2.43. The second kappa shape index (κ2) is 10.6. The van der Waals surface area contributed by atoms with Gasteiger partial charge in [0, 0.05) is 50.1 Å². The molecule has 32 heavy (non-hydrogen) atoms. The van der Waals surface area contributed by atoms with Gasteiger partial charge in [-0.1, -0.05) is 49.4 Å². The van der Waals surface area contributed by atoms with Crippen LogP contribution in [0.3, 0.4) is 0 Å². The maximum Gasteiger partial charge on any atom is 0.232 e. The SMILES string of the molecule is CC(C)Cc1nnc(NC(=O)Cc2csc(-c3ccc(CN4CCN(C)CC4)cc3)n2)s1. The van der Waals surface area contributed by atoms with Crippen molar-refractivity contribution in [1.29, 1.82) is 0 Å². The molecule has 0 spiro atoms. The molecule has 1 aromatic carbocycles. The summed E-state index contributed by atoms with van der Waals surface area (Å²) in [5.41, 5.74) is 3.19. The zero-order valence-corrected chi connectivity index (χ0v) is 20.5. The lowest BCUT2D eigenvalue weighted by Gasteiger charge is -2.32. The van der Waals surface area contributed by atoms with Crippen LogP contribution in [0.2, 0.25) is 0 Å². The fraction of sp³-hybridized carbons (Fsp3) is 0.478. The molecule has 4 rings (SSSR count). The number of nitrogens with zero attached hydrogens (tertiary/aromatic N) is 5. The Labute approximate surface area is 197 Å². The van der Waals surface area contributed by atoms with Gasteiger partial charge in [-0.05, 0) is 18.5 Å². The van der Waals surface area contributed by atoms with E-state index in [1.165, 1.54) is 16.9 Å². The molecule has 0 aliphatic carbocycles. The van der Waals surface area contributed by atoms with Gasteiger partial charge in [-0.3, -0.25) is 9.69 Å². The van der Waals surface area contributed by atoms with E-state index in [-0.39, 0.29) is 12.3 Å². The molecule has 0 bridgehead atoms. The molecule has 0 unspecified atom stereocenters. The number of carbonyl (C=O) groups is 1. The van der Waals surface area contributed by atoms with Gasteiger partial charge < -0.3 is 10.2 Å². The number of rotatable bonds is 8. The van der Waals surface area contributed by atoms with Crippen molar-refractivity contribution in [3.05, 3.63) is 45.9 Å². The number of nitrogens with one attached hydrogen (secondary N) is 1. The van der Waals surface area contributed by atoms with Crippen LogP contribution in [0, 0.1) is 5.92 Å². The van der Waals surface area contributed by atoms with Crippen molar-refractivity contribution in [2.24, 2.45) is 5.92 Å². The lowest BCUT2D eigenvalue weighted by molar-refractivity contribution is -0.115. The van der Waals surface area contributed by atoms with Crippen LogP contribution in [0.25, 0.3) is 10.6 Å². The average molecular weight is 471 g/mol.